The van der Waals surface area contributed by atoms with Gasteiger partial charge in [-0.3, -0.25) is 9.97 Å². The molecule has 2 aromatic heterocycles. The van der Waals surface area contributed by atoms with Crippen molar-refractivity contribution in [3.63, 3.8) is 0 Å². The van der Waals surface area contributed by atoms with Crippen molar-refractivity contribution in [3.05, 3.63) is 47.8 Å². The number of hydrogen-bond donors (Lipinski definition) is 8. The largest absolute Gasteiger partial charge is 0.394 e. The van der Waals surface area contributed by atoms with Gasteiger partial charge in [0.05, 0.1) is 24.6 Å². The Bertz CT molecular complexity index is 969. The number of rotatable bonds is 9. The molecule has 2 aliphatic rings. The van der Waals surface area contributed by atoms with Crippen LogP contribution in [0.4, 0.5) is 0 Å². The van der Waals surface area contributed by atoms with E-state index in [9.17, 15) is 40.9 Å². The van der Waals surface area contributed by atoms with Gasteiger partial charge in [-0.1, -0.05) is 0 Å². The molecule has 4 rings (SSSR count). The van der Waals surface area contributed by atoms with Crippen molar-refractivity contribution >= 4 is 23.5 Å². The molecule has 0 unspecified atom stereocenters. The fourth-order valence-electron chi connectivity index (χ4n) is 4.18. The van der Waals surface area contributed by atoms with Crippen LogP contribution in [0.1, 0.15) is 11.1 Å². The number of pyridine rings is 2. The fraction of sp³-hybridized carbons (Fsp3) is 0.583. The van der Waals surface area contributed by atoms with Crippen LogP contribution in [-0.2, 0) is 21.0 Å². The summed E-state index contributed by atoms with van der Waals surface area (Å²) in [6.45, 7) is -0.976. The third-order valence-corrected chi connectivity index (χ3v) is 8.87. The second kappa shape index (κ2) is 13.3. The normalized spacial score (nSPS) is 35.8. The summed E-state index contributed by atoms with van der Waals surface area (Å²) in [7, 11) is 0. The first-order valence-corrected chi connectivity index (χ1v) is 14.1. The highest BCUT2D eigenvalue weighted by atomic mass is 32.2. The second-order valence-electron chi connectivity index (χ2n) is 9.12. The molecule has 2 aromatic rings. The topological polar surface area (TPSA) is 206 Å². The van der Waals surface area contributed by atoms with Crippen LogP contribution in [0.3, 0.4) is 0 Å². The Morgan fingerprint density at radius 2 is 1.00 bits per heavy atom. The summed E-state index contributed by atoms with van der Waals surface area (Å²) in [5.74, 6) is 0.787. The predicted molar refractivity (Wildman–Crippen MR) is 138 cm³/mol. The van der Waals surface area contributed by atoms with Gasteiger partial charge in [0.2, 0.25) is 0 Å². The molecule has 0 saturated carbocycles. The zero-order valence-electron chi connectivity index (χ0n) is 20.2. The summed E-state index contributed by atoms with van der Waals surface area (Å²) in [4.78, 5) is 8.78. The maximum atomic E-state index is 10.3. The van der Waals surface area contributed by atoms with Gasteiger partial charge in [0.1, 0.15) is 59.7 Å². The number of aromatic nitrogens is 2. The molecule has 0 spiro atoms. The van der Waals surface area contributed by atoms with Crippen LogP contribution in [0.15, 0.2) is 36.7 Å². The molecule has 0 bridgehead atoms. The van der Waals surface area contributed by atoms with Gasteiger partial charge in [-0.25, -0.2) is 0 Å². The minimum absolute atomic E-state index is 0.394. The number of ether oxygens (including phenoxy) is 2. The van der Waals surface area contributed by atoms with E-state index in [1.54, 1.807) is 24.5 Å². The molecule has 210 valence electrons. The lowest BCUT2D eigenvalue weighted by molar-refractivity contribution is -0.205. The third-order valence-electron chi connectivity index (χ3n) is 6.44. The van der Waals surface area contributed by atoms with Gasteiger partial charge in [0.25, 0.3) is 0 Å². The zero-order chi connectivity index (χ0) is 27.4. The van der Waals surface area contributed by atoms with E-state index in [1.165, 1.54) is 23.5 Å². The lowest BCUT2D eigenvalue weighted by atomic mass is 10.0. The Kier molecular flexibility index (Phi) is 10.4. The van der Waals surface area contributed by atoms with Crippen LogP contribution in [-0.4, -0.2) is 124 Å². The summed E-state index contributed by atoms with van der Waals surface area (Å²) >= 11 is 2.43. The van der Waals surface area contributed by atoms with E-state index in [1.807, 2.05) is 12.1 Å². The van der Waals surface area contributed by atoms with Gasteiger partial charge in [-0.2, -0.15) is 0 Å². The Balaban J connectivity index is 1.38. The van der Waals surface area contributed by atoms with E-state index in [-0.39, 0.29) is 0 Å². The maximum Gasteiger partial charge on any atom is 0.132 e. The van der Waals surface area contributed by atoms with Gasteiger partial charge in [-0.15, -0.1) is 23.5 Å². The van der Waals surface area contributed by atoms with Crippen molar-refractivity contribution in [2.24, 2.45) is 0 Å². The molecule has 2 saturated heterocycles. The smallest absolute Gasteiger partial charge is 0.132 e. The standard InChI is InChI=1S/C24H32N2O10S2/c27-7-15-17(29)19(31)21(33)23(35-15)37-9-11-1-3-25-13(5-11)14-6-12(2-4-26-14)10-38-24-22(34)20(32)18(30)16(8-28)36-24/h1-6,15-24,27-34H,7-10H2/t15-,16-,17+,18+,19+,20+,21-,22-,23+,24+/m1/s1. The highest BCUT2D eigenvalue weighted by Crippen LogP contribution is 2.33. The van der Waals surface area contributed by atoms with Crippen LogP contribution in [0.25, 0.3) is 11.4 Å². The lowest BCUT2D eigenvalue weighted by Gasteiger charge is -2.39. The van der Waals surface area contributed by atoms with Crippen LogP contribution < -0.4 is 0 Å². The first-order valence-electron chi connectivity index (χ1n) is 12.0. The number of aliphatic hydroxyl groups excluding tert-OH is 8. The van der Waals surface area contributed by atoms with Gasteiger partial charge in [0.15, 0.2) is 0 Å². The Labute approximate surface area is 227 Å². The van der Waals surface area contributed by atoms with E-state index < -0.39 is 72.9 Å². The number of aliphatic hydroxyl groups is 8. The molecule has 14 heteroatoms. The van der Waals surface area contributed by atoms with Crippen molar-refractivity contribution in [1.29, 1.82) is 0 Å². The quantitative estimate of drug-likeness (QED) is 0.167. The summed E-state index contributed by atoms with van der Waals surface area (Å²) in [5.41, 5.74) is 1.19. The van der Waals surface area contributed by atoms with Crippen molar-refractivity contribution in [2.45, 2.75) is 71.2 Å². The third kappa shape index (κ3) is 6.66. The van der Waals surface area contributed by atoms with Crippen LogP contribution in [0.2, 0.25) is 0 Å². The monoisotopic (exact) mass is 572 g/mol. The Morgan fingerprint density at radius 1 is 0.605 bits per heavy atom. The average Bonchev–Trinajstić information content (AvgIpc) is 2.94. The van der Waals surface area contributed by atoms with Crippen LogP contribution >= 0.6 is 23.5 Å². The van der Waals surface area contributed by atoms with Gasteiger partial charge in [0, 0.05) is 23.9 Å². The molecular weight excluding hydrogens is 540 g/mol. The maximum absolute atomic E-state index is 10.3. The van der Waals surface area contributed by atoms with Crippen molar-refractivity contribution < 1.29 is 50.3 Å². The molecular formula is C24H32N2O10S2. The molecule has 12 nitrogen and oxygen atoms in total. The average molecular weight is 573 g/mol. The van der Waals surface area contributed by atoms with E-state index in [0.29, 0.717) is 22.9 Å². The van der Waals surface area contributed by atoms with Crippen molar-refractivity contribution in [2.75, 3.05) is 13.2 Å². The molecule has 4 heterocycles. The lowest BCUT2D eigenvalue weighted by Crippen LogP contribution is -2.57. The minimum atomic E-state index is -1.43. The van der Waals surface area contributed by atoms with Crippen molar-refractivity contribution in [1.82, 2.24) is 9.97 Å². The van der Waals surface area contributed by atoms with Crippen molar-refractivity contribution in [3.8, 4) is 11.4 Å². The SMILES string of the molecule is OC[C@H]1O[C@@H](SCc2ccnc(-c3cc(CS[C@@H]4O[C@H](CO)[C@H](O)[C@H](O)[C@H]4O)ccn3)c2)[C@H](O)[C@@H](O)[C@H]1O. The number of thioether (sulfide) groups is 2. The van der Waals surface area contributed by atoms with Gasteiger partial charge < -0.3 is 50.3 Å². The van der Waals surface area contributed by atoms with E-state index >= 15 is 0 Å². The molecule has 0 aliphatic carbocycles. The van der Waals surface area contributed by atoms with Gasteiger partial charge in [-0.05, 0) is 35.4 Å². The molecule has 0 amide bonds. The molecule has 0 radical (unpaired) electrons. The minimum Gasteiger partial charge on any atom is -0.394 e. The first kappa shape index (κ1) is 29.6. The fourth-order valence-corrected chi connectivity index (χ4v) is 6.41. The molecule has 0 aromatic carbocycles. The molecule has 38 heavy (non-hydrogen) atoms. The number of hydrogen-bond acceptors (Lipinski definition) is 14. The summed E-state index contributed by atoms with van der Waals surface area (Å²) in [6, 6.07) is 7.24. The van der Waals surface area contributed by atoms with Crippen LogP contribution in [0, 0.1) is 0 Å². The summed E-state index contributed by atoms with van der Waals surface area (Å²) in [6.07, 6.45) is -7.01. The van der Waals surface area contributed by atoms with E-state index in [2.05, 4.69) is 9.97 Å². The number of nitrogens with zero attached hydrogens (tertiary/aromatic N) is 2. The summed E-state index contributed by atoms with van der Waals surface area (Å²) < 4.78 is 11.1. The first-order chi connectivity index (χ1) is 18.2. The zero-order valence-corrected chi connectivity index (χ0v) is 21.8. The summed E-state index contributed by atoms with van der Waals surface area (Å²) in [5, 5.41) is 79.1. The second-order valence-corrected chi connectivity index (χ2v) is 11.3. The Morgan fingerprint density at radius 3 is 1.37 bits per heavy atom. The molecule has 8 N–H and O–H groups in total. The molecule has 2 aliphatic heterocycles. The van der Waals surface area contributed by atoms with E-state index in [4.69, 9.17) is 9.47 Å². The van der Waals surface area contributed by atoms with Gasteiger partial charge >= 0.3 is 0 Å². The van der Waals surface area contributed by atoms with Crippen LogP contribution in [0.5, 0.6) is 0 Å². The Hall–Kier alpha value is -1.40. The molecule has 2 fully saturated rings. The molecule has 10 atom stereocenters. The van der Waals surface area contributed by atoms with E-state index in [0.717, 1.165) is 11.1 Å². The highest BCUT2D eigenvalue weighted by Gasteiger charge is 2.44. The highest BCUT2D eigenvalue weighted by molar-refractivity contribution is 7.99. The predicted octanol–water partition coefficient (Wildman–Crippen LogP) is -1.79.